The van der Waals surface area contributed by atoms with Crippen molar-refractivity contribution in [1.82, 2.24) is 5.32 Å². The highest BCUT2D eigenvalue weighted by molar-refractivity contribution is 5.85. The largest absolute Gasteiger partial charge is 0.481 e. The number of hydrogen-bond acceptors (Lipinski definition) is 3. The number of aliphatic hydroxyl groups is 1. The summed E-state index contributed by atoms with van der Waals surface area (Å²) in [7, 11) is 0. The lowest BCUT2D eigenvalue weighted by molar-refractivity contribution is -0.155. The summed E-state index contributed by atoms with van der Waals surface area (Å²) in [5.74, 6) is -0.643. The highest BCUT2D eigenvalue weighted by Crippen LogP contribution is 2.47. The first kappa shape index (κ1) is 17.0. The first-order chi connectivity index (χ1) is 9.21. The third-order valence-electron chi connectivity index (χ3n) is 4.55. The van der Waals surface area contributed by atoms with Crippen LogP contribution >= 0.6 is 0 Å². The number of aliphatic hydroxyl groups excluding tert-OH is 1. The van der Waals surface area contributed by atoms with E-state index in [4.69, 9.17) is 5.11 Å². The van der Waals surface area contributed by atoms with Gasteiger partial charge < -0.3 is 15.5 Å². The van der Waals surface area contributed by atoms with Crippen molar-refractivity contribution in [2.45, 2.75) is 52.9 Å². The van der Waals surface area contributed by atoms with Gasteiger partial charge in [0.1, 0.15) is 0 Å². The Labute approximate surface area is 120 Å². The molecule has 116 valence electrons. The van der Waals surface area contributed by atoms with Crippen LogP contribution in [0.25, 0.3) is 0 Å². The van der Waals surface area contributed by atoms with Crippen LogP contribution in [0, 0.1) is 16.7 Å². The van der Waals surface area contributed by atoms with Gasteiger partial charge in [0.15, 0.2) is 0 Å². The van der Waals surface area contributed by atoms with Crippen molar-refractivity contribution in [3.8, 4) is 0 Å². The van der Waals surface area contributed by atoms with Crippen LogP contribution in [0.15, 0.2) is 0 Å². The molecule has 5 nitrogen and oxygen atoms in total. The molecule has 5 heteroatoms. The number of carbonyl (C=O) groups is 2. The molecule has 0 atom stereocenters. The van der Waals surface area contributed by atoms with Gasteiger partial charge in [-0.1, -0.05) is 20.8 Å². The van der Waals surface area contributed by atoms with E-state index >= 15 is 0 Å². The number of aliphatic carboxylic acids is 1. The van der Waals surface area contributed by atoms with E-state index in [1.54, 1.807) is 0 Å². The molecule has 0 bridgehead atoms. The number of carbonyl (C=O) groups excluding carboxylic acids is 1. The molecule has 0 aromatic rings. The maximum Gasteiger partial charge on any atom is 0.310 e. The van der Waals surface area contributed by atoms with Crippen molar-refractivity contribution in [2.24, 2.45) is 16.7 Å². The van der Waals surface area contributed by atoms with Gasteiger partial charge in [-0.2, -0.15) is 0 Å². The molecule has 0 unspecified atom stereocenters. The van der Waals surface area contributed by atoms with E-state index in [1.165, 1.54) is 0 Å². The molecular weight excluding hydrogens is 258 g/mol. The highest BCUT2D eigenvalue weighted by Gasteiger charge is 2.45. The molecule has 20 heavy (non-hydrogen) atoms. The molecule has 0 spiro atoms. The topological polar surface area (TPSA) is 86.6 Å². The summed E-state index contributed by atoms with van der Waals surface area (Å²) in [6.07, 6.45) is 2.82. The Morgan fingerprint density at radius 1 is 1.25 bits per heavy atom. The number of amides is 1. The van der Waals surface area contributed by atoms with Gasteiger partial charge >= 0.3 is 5.97 Å². The van der Waals surface area contributed by atoms with Crippen LogP contribution in [0.3, 0.4) is 0 Å². The first-order valence-electron chi connectivity index (χ1n) is 7.32. The lowest BCUT2D eigenvalue weighted by Crippen LogP contribution is -2.42. The van der Waals surface area contributed by atoms with Crippen LogP contribution in [-0.4, -0.2) is 35.2 Å². The van der Waals surface area contributed by atoms with E-state index < -0.39 is 11.4 Å². The third kappa shape index (κ3) is 4.20. The molecule has 0 aromatic heterocycles. The SMILES string of the molecule is CC(C)(C)C1CCC(CC(=O)NCCO)(C(=O)O)CC1. The molecule has 3 N–H and O–H groups in total. The van der Waals surface area contributed by atoms with E-state index in [0.29, 0.717) is 18.8 Å². The molecule has 1 amide bonds. The van der Waals surface area contributed by atoms with Crippen LogP contribution in [0.1, 0.15) is 52.9 Å². The van der Waals surface area contributed by atoms with Gasteiger partial charge in [-0.25, -0.2) is 0 Å². The predicted octanol–water partition coefficient (Wildman–Crippen LogP) is 1.79. The van der Waals surface area contributed by atoms with E-state index in [0.717, 1.165) is 12.8 Å². The summed E-state index contributed by atoms with van der Waals surface area (Å²) in [4.78, 5) is 23.4. The second-order valence-corrected chi connectivity index (χ2v) is 6.98. The molecule has 1 saturated carbocycles. The van der Waals surface area contributed by atoms with Crippen molar-refractivity contribution in [2.75, 3.05) is 13.2 Å². The van der Waals surface area contributed by atoms with Gasteiger partial charge in [0.25, 0.3) is 0 Å². The number of carboxylic acid groups (broad SMARTS) is 1. The van der Waals surface area contributed by atoms with Gasteiger partial charge in [0.2, 0.25) is 5.91 Å². The summed E-state index contributed by atoms with van der Waals surface area (Å²) in [6.45, 7) is 6.59. The quantitative estimate of drug-likeness (QED) is 0.719. The second-order valence-electron chi connectivity index (χ2n) is 6.98. The monoisotopic (exact) mass is 285 g/mol. The lowest BCUT2D eigenvalue weighted by atomic mass is 9.63. The van der Waals surface area contributed by atoms with Gasteiger partial charge in [0.05, 0.1) is 12.0 Å². The van der Waals surface area contributed by atoms with Gasteiger partial charge in [0, 0.05) is 13.0 Å². The summed E-state index contributed by atoms with van der Waals surface area (Å²) in [6, 6.07) is 0. The smallest absolute Gasteiger partial charge is 0.310 e. The Balaban J connectivity index is 2.67. The van der Waals surface area contributed by atoms with Crippen molar-refractivity contribution < 1.29 is 19.8 Å². The highest BCUT2D eigenvalue weighted by atomic mass is 16.4. The maximum atomic E-state index is 11.8. The Kier molecular flexibility index (Phi) is 5.57. The molecule has 0 heterocycles. The van der Waals surface area contributed by atoms with Crippen LogP contribution in [0.5, 0.6) is 0 Å². The predicted molar refractivity (Wildman–Crippen MR) is 76.2 cm³/mol. The molecule has 1 aliphatic carbocycles. The molecule has 1 fully saturated rings. The van der Waals surface area contributed by atoms with Crippen molar-refractivity contribution in [3.05, 3.63) is 0 Å². The van der Waals surface area contributed by atoms with Crippen molar-refractivity contribution >= 4 is 11.9 Å². The van der Waals surface area contributed by atoms with Gasteiger partial charge in [-0.05, 0) is 37.0 Å². The second kappa shape index (κ2) is 6.57. The third-order valence-corrected chi connectivity index (χ3v) is 4.55. The normalized spacial score (nSPS) is 27.1. The zero-order chi connectivity index (χ0) is 15.4. The summed E-state index contributed by atoms with van der Waals surface area (Å²) in [5.41, 5.74) is -0.745. The average Bonchev–Trinajstić information content (AvgIpc) is 2.35. The molecule has 0 aliphatic heterocycles. The van der Waals surface area contributed by atoms with Gasteiger partial charge in [-0.15, -0.1) is 0 Å². The molecule has 0 radical (unpaired) electrons. The fraction of sp³-hybridized carbons (Fsp3) is 0.867. The summed E-state index contributed by atoms with van der Waals surface area (Å²) >= 11 is 0. The van der Waals surface area contributed by atoms with Crippen molar-refractivity contribution in [1.29, 1.82) is 0 Å². The average molecular weight is 285 g/mol. The zero-order valence-corrected chi connectivity index (χ0v) is 12.7. The van der Waals surface area contributed by atoms with Crippen molar-refractivity contribution in [3.63, 3.8) is 0 Å². The lowest BCUT2D eigenvalue weighted by Gasteiger charge is -2.41. The Morgan fingerprint density at radius 3 is 2.20 bits per heavy atom. The standard InChI is InChI=1S/C15H27NO4/c1-14(2,3)11-4-6-15(7-5-11,13(19)20)10-12(18)16-8-9-17/h11,17H,4-10H2,1-3H3,(H,16,18)(H,19,20). The first-order valence-corrected chi connectivity index (χ1v) is 7.32. The minimum absolute atomic E-state index is 0.0131. The van der Waals surface area contributed by atoms with E-state index in [1.807, 2.05) is 0 Å². The number of rotatable bonds is 5. The number of nitrogens with one attached hydrogen (secondary N) is 1. The summed E-state index contributed by atoms with van der Waals surface area (Å²) < 4.78 is 0. The Hall–Kier alpha value is -1.10. The van der Waals surface area contributed by atoms with Crippen LogP contribution < -0.4 is 5.32 Å². The van der Waals surface area contributed by atoms with Crippen LogP contribution in [0.2, 0.25) is 0 Å². The van der Waals surface area contributed by atoms with E-state index in [2.05, 4.69) is 26.1 Å². The fourth-order valence-corrected chi connectivity index (χ4v) is 3.07. The number of hydrogen-bond donors (Lipinski definition) is 3. The Bertz CT molecular complexity index is 351. The van der Waals surface area contributed by atoms with Crippen LogP contribution in [-0.2, 0) is 9.59 Å². The fourth-order valence-electron chi connectivity index (χ4n) is 3.07. The number of carboxylic acids is 1. The summed E-state index contributed by atoms with van der Waals surface area (Å²) in [5, 5.41) is 20.8. The van der Waals surface area contributed by atoms with E-state index in [-0.39, 0.29) is 30.9 Å². The Morgan fingerprint density at radius 2 is 1.80 bits per heavy atom. The molecule has 0 aromatic carbocycles. The maximum absolute atomic E-state index is 11.8. The molecular formula is C15H27NO4. The van der Waals surface area contributed by atoms with Gasteiger partial charge in [-0.3, -0.25) is 9.59 Å². The zero-order valence-electron chi connectivity index (χ0n) is 12.7. The molecule has 0 saturated heterocycles. The molecule has 1 aliphatic rings. The van der Waals surface area contributed by atoms with Crippen LogP contribution in [0.4, 0.5) is 0 Å². The minimum Gasteiger partial charge on any atom is -0.481 e. The van der Waals surface area contributed by atoms with E-state index in [9.17, 15) is 14.7 Å². The molecule has 1 rings (SSSR count). The minimum atomic E-state index is -0.929.